The first-order valence-corrected chi connectivity index (χ1v) is 8.40. The fourth-order valence-corrected chi connectivity index (χ4v) is 4.00. The number of thioether (sulfide) groups is 1. The van der Waals surface area contributed by atoms with Crippen LogP contribution in [0.15, 0.2) is 29.2 Å². The van der Waals surface area contributed by atoms with Crippen molar-refractivity contribution in [2.75, 3.05) is 18.4 Å². The first kappa shape index (κ1) is 15.4. The van der Waals surface area contributed by atoms with E-state index in [-0.39, 0.29) is 35.7 Å². The molecule has 3 atom stereocenters. The Morgan fingerprint density at radius 2 is 2.00 bits per heavy atom. The Morgan fingerprint density at radius 3 is 2.73 bits per heavy atom. The van der Waals surface area contributed by atoms with Crippen molar-refractivity contribution in [2.24, 2.45) is 0 Å². The molecule has 1 saturated heterocycles. The number of anilines is 1. The lowest BCUT2D eigenvalue weighted by molar-refractivity contribution is -0.143. The van der Waals surface area contributed by atoms with Crippen LogP contribution in [-0.2, 0) is 14.3 Å². The molecule has 0 aromatic heterocycles. The highest BCUT2D eigenvalue weighted by Crippen LogP contribution is 2.36. The van der Waals surface area contributed by atoms with Gasteiger partial charge in [0.25, 0.3) is 0 Å². The molecule has 1 aromatic rings. The molecule has 0 radical (unpaired) electrons. The monoisotopic (exact) mass is 320 g/mol. The first-order valence-electron chi connectivity index (χ1n) is 7.52. The van der Waals surface area contributed by atoms with Crippen molar-refractivity contribution in [1.29, 1.82) is 0 Å². The molecule has 1 fully saturated rings. The van der Waals surface area contributed by atoms with E-state index in [4.69, 9.17) is 4.74 Å². The molecule has 2 heterocycles. The topological polar surface area (TPSA) is 58.6 Å². The third-order valence-corrected chi connectivity index (χ3v) is 5.11. The number of benzene rings is 1. The van der Waals surface area contributed by atoms with Crippen molar-refractivity contribution >= 4 is 29.3 Å². The van der Waals surface area contributed by atoms with Gasteiger partial charge in [-0.15, -0.1) is 11.8 Å². The minimum atomic E-state index is -0.365. The summed E-state index contributed by atoms with van der Waals surface area (Å²) in [5.74, 6) is -0.0690. The van der Waals surface area contributed by atoms with Crippen LogP contribution in [-0.4, -0.2) is 47.3 Å². The Balaban J connectivity index is 1.66. The van der Waals surface area contributed by atoms with Crippen molar-refractivity contribution in [1.82, 2.24) is 4.90 Å². The van der Waals surface area contributed by atoms with Gasteiger partial charge in [-0.25, -0.2) is 0 Å². The van der Waals surface area contributed by atoms with Crippen molar-refractivity contribution in [2.45, 2.75) is 42.6 Å². The van der Waals surface area contributed by atoms with Crippen LogP contribution in [0.2, 0.25) is 0 Å². The maximum Gasteiger partial charge on any atom is 0.238 e. The molecule has 118 valence electrons. The maximum absolute atomic E-state index is 12.5. The number of hydrogen-bond acceptors (Lipinski definition) is 4. The van der Waals surface area contributed by atoms with Gasteiger partial charge in [0.1, 0.15) is 0 Å². The Kier molecular flexibility index (Phi) is 4.40. The zero-order chi connectivity index (χ0) is 15.7. The summed E-state index contributed by atoms with van der Waals surface area (Å²) in [6, 6.07) is 7.68. The van der Waals surface area contributed by atoms with Crippen LogP contribution in [0.25, 0.3) is 0 Å². The van der Waals surface area contributed by atoms with E-state index in [1.807, 2.05) is 43.0 Å². The van der Waals surface area contributed by atoms with Gasteiger partial charge >= 0.3 is 0 Å². The van der Waals surface area contributed by atoms with Gasteiger partial charge in [-0.1, -0.05) is 12.1 Å². The van der Waals surface area contributed by atoms with Gasteiger partial charge < -0.3 is 15.0 Å². The molecular weight excluding hydrogens is 300 g/mol. The normalized spacial score (nSPS) is 28.0. The van der Waals surface area contributed by atoms with E-state index in [9.17, 15) is 9.59 Å². The summed E-state index contributed by atoms with van der Waals surface area (Å²) in [5, 5.41) is 2.52. The molecule has 0 unspecified atom stereocenters. The minimum absolute atomic E-state index is 0.0223. The molecule has 0 bridgehead atoms. The number of ether oxygens (including phenoxy) is 1. The molecule has 5 nitrogen and oxygen atoms in total. The fraction of sp³-hybridized carbons (Fsp3) is 0.500. The Bertz CT molecular complexity index is 583. The molecular formula is C16H20N2O3S. The molecule has 2 aliphatic rings. The number of nitrogens with one attached hydrogen (secondary N) is 1. The van der Waals surface area contributed by atoms with Crippen LogP contribution in [0.4, 0.5) is 5.69 Å². The molecule has 0 aliphatic carbocycles. The number of morpholine rings is 1. The van der Waals surface area contributed by atoms with E-state index in [2.05, 4.69) is 5.32 Å². The van der Waals surface area contributed by atoms with E-state index in [1.54, 1.807) is 0 Å². The predicted molar refractivity (Wildman–Crippen MR) is 85.9 cm³/mol. The van der Waals surface area contributed by atoms with Gasteiger partial charge in [-0.2, -0.15) is 0 Å². The van der Waals surface area contributed by atoms with E-state index in [0.29, 0.717) is 13.1 Å². The average molecular weight is 320 g/mol. The van der Waals surface area contributed by atoms with E-state index in [0.717, 1.165) is 10.6 Å². The number of amides is 2. The third kappa shape index (κ3) is 3.28. The SMILES string of the molecule is C[C@@H]1CN(C(=O)C[C@H]2Sc3ccccc3NC2=O)C[C@@H](C)O1. The lowest BCUT2D eigenvalue weighted by atomic mass is 10.2. The van der Waals surface area contributed by atoms with Crippen LogP contribution in [0.3, 0.4) is 0 Å². The van der Waals surface area contributed by atoms with E-state index < -0.39 is 0 Å². The van der Waals surface area contributed by atoms with Crippen LogP contribution < -0.4 is 5.32 Å². The third-order valence-electron chi connectivity index (χ3n) is 3.84. The van der Waals surface area contributed by atoms with Gasteiger partial charge in [0.2, 0.25) is 11.8 Å². The lowest BCUT2D eigenvalue weighted by Crippen LogP contribution is -2.49. The van der Waals surface area contributed by atoms with Gasteiger partial charge in [-0.05, 0) is 26.0 Å². The Morgan fingerprint density at radius 1 is 1.32 bits per heavy atom. The van der Waals surface area contributed by atoms with Crippen molar-refractivity contribution < 1.29 is 14.3 Å². The van der Waals surface area contributed by atoms with Crippen molar-refractivity contribution in [3.63, 3.8) is 0 Å². The summed E-state index contributed by atoms with van der Waals surface area (Å²) >= 11 is 1.47. The summed E-state index contributed by atoms with van der Waals surface area (Å²) in [4.78, 5) is 27.5. The highest BCUT2D eigenvalue weighted by molar-refractivity contribution is 8.01. The number of hydrogen-bond donors (Lipinski definition) is 1. The van der Waals surface area contributed by atoms with Crippen LogP contribution in [0, 0.1) is 0 Å². The molecule has 22 heavy (non-hydrogen) atoms. The number of carbonyl (C=O) groups is 2. The number of nitrogens with zero attached hydrogens (tertiary/aromatic N) is 1. The van der Waals surface area contributed by atoms with Crippen molar-refractivity contribution in [3.05, 3.63) is 24.3 Å². The largest absolute Gasteiger partial charge is 0.372 e. The molecule has 1 N–H and O–H groups in total. The van der Waals surface area contributed by atoms with Gasteiger partial charge in [0, 0.05) is 24.4 Å². The van der Waals surface area contributed by atoms with Crippen LogP contribution in [0.1, 0.15) is 20.3 Å². The molecule has 0 spiro atoms. The second-order valence-electron chi connectivity index (χ2n) is 5.85. The van der Waals surface area contributed by atoms with E-state index >= 15 is 0 Å². The number of fused-ring (bicyclic) bond motifs is 1. The van der Waals surface area contributed by atoms with E-state index in [1.165, 1.54) is 11.8 Å². The molecule has 2 amide bonds. The van der Waals surface area contributed by atoms with Crippen LogP contribution >= 0.6 is 11.8 Å². The zero-order valence-electron chi connectivity index (χ0n) is 12.7. The number of rotatable bonds is 2. The minimum Gasteiger partial charge on any atom is -0.372 e. The molecule has 3 rings (SSSR count). The highest BCUT2D eigenvalue weighted by Gasteiger charge is 2.32. The Labute approximate surface area is 134 Å². The molecule has 2 aliphatic heterocycles. The lowest BCUT2D eigenvalue weighted by Gasteiger charge is -2.36. The van der Waals surface area contributed by atoms with Crippen LogP contribution in [0.5, 0.6) is 0 Å². The second-order valence-corrected chi connectivity index (χ2v) is 7.10. The average Bonchev–Trinajstić information content (AvgIpc) is 2.47. The number of carbonyl (C=O) groups excluding carboxylic acids is 2. The standard InChI is InChI=1S/C16H20N2O3S/c1-10-8-18(9-11(2)21-10)15(19)7-14-16(20)17-12-5-3-4-6-13(12)22-14/h3-6,10-11,14H,7-9H2,1-2H3,(H,17,20)/t10-,11-,14-/m1/s1. The van der Waals surface area contributed by atoms with Gasteiger partial charge in [0.05, 0.1) is 23.1 Å². The first-order chi connectivity index (χ1) is 10.5. The highest BCUT2D eigenvalue weighted by atomic mass is 32.2. The fourth-order valence-electron chi connectivity index (χ4n) is 2.90. The summed E-state index contributed by atoms with van der Waals surface area (Å²) in [6.07, 6.45) is 0.312. The summed E-state index contributed by atoms with van der Waals surface area (Å²) < 4.78 is 5.65. The Hall–Kier alpha value is -1.53. The summed E-state index contributed by atoms with van der Waals surface area (Å²) in [6.45, 7) is 5.13. The second kappa shape index (κ2) is 6.30. The maximum atomic E-state index is 12.5. The van der Waals surface area contributed by atoms with Gasteiger partial charge in [-0.3, -0.25) is 9.59 Å². The smallest absolute Gasteiger partial charge is 0.238 e. The molecule has 1 aromatic carbocycles. The zero-order valence-corrected chi connectivity index (χ0v) is 13.6. The van der Waals surface area contributed by atoms with Gasteiger partial charge in [0.15, 0.2) is 0 Å². The quantitative estimate of drug-likeness (QED) is 0.907. The molecule has 6 heteroatoms. The summed E-state index contributed by atoms with van der Waals surface area (Å²) in [5.41, 5.74) is 0.829. The predicted octanol–water partition coefficient (Wildman–Crippen LogP) is 2.13. The van der Waals surface area contributed by atoms with Crippen molar-refractivity contribution in [3.8, 4) is 0 Å². The number of para-hydroxylation sites is 1. The summed E-state index contributed by atoms with van der Waals surface area (Å²) in [7, 11) is 0. The molecule has 0 saturated carbocycles.